The fourth-order valence-corrected chi connectivity index (χ4v) is 6.80. The summed E-state index contributed by atoms with van der Waals surface area (Å²) >= 11 is 0. The van der Waals surface area contributed by atoms with Crippen molar-refractivity contribution < 1.29 is 24.2 Å². The summed E-state index contributed by atoms with van der Waals surface area (Å²) in [5.41, 5.74) is 5.49. The summed E-state index contributed by atoms with van der Waals surface area (Å²) < 4.78 is 6.05. The molecule has 0 aromatic heterocycles. The molecule has 0 heterocycles. The van der Waals surface area contributed by atoms with Gasteiger partial charge in [0.1, 0.15) is 12.1 Å². The molecule has 56 heavy (non-hydrogen) atoms. The zero-order chi connectivity index (χ0) is 41.0. The number of carboxylic acids is 1. The van der Waals surface area contributed by atoms with Crippen molar-refractivity contribution in [2.75, 3.05) is 6.54 Å². The number of carbonyl (C=O) groups excluding carboxylic acids is 2. The normalized spacial score (nSPS) is 13.1. The zero-order valence-corrected chi connectivity index (χ0v) is 36.5. The van der Waals surface area contributed by atoms with Crippen LogP contribution in [0, 0.1) is 0 Å². The number of esters is 1. The van der Waals surface area contributed by atoms with Gasteiger partial charge in [-0.2, -0.15) is 0 Å². The summed E-state index contributed by atoms with van der Waals surface area (Å²) in [6.45, 7) is 4.91. The maximum atomic E-state index is 12.8. The largest absolute Gasteiger partial charge is 0.480 e. The molecule has 4 N–H and O–H groups in total. The van der Waals surface area contributed by atoms with Crippen LogP contribution in [0.15, 0.2) is 48.6 Å². The van der Waals surface area contributed by atoms with Gasteiger partial charge in [-0.05, 0) is 122 Å². The first-order valence-electron chi connectivity index (χ1n) is 23.5. The van der Waals surface area contributed by atoms with Crippen molar-refractivity contribution in [2.45, 2.75) is 238 Å². The van der Waals surface area contributed by atoms with E-state index in [0.29, 0.717) is 32.2 Å². The monoisotopic (exact) mass is 785 g/mol. The van der Waals surface area contributed by atoms with Crippen molar-refractivity contribution in [2.24, 2.45) is 5.73 Å². The first-order valence-corrected chi connectivity index (χ1v) is 23.5. The Morgan fingerprint density at radius 1 is 0.518 bits per heavy atom. The molecule has 0 bridgehead atoms. The second-order valence-electron chi connectivity index (χ2n) is 15.8. The molecule has 0 saturated carbocycles. The highest BCUT2D eigenvalue weighted by Crippen LogP contribution is 2.18. The smallest absolute Gasteiger partial charge is 0.326 e. The average molecular weight is 785 g/mol. The Kier molecular flexibility index (Phi) is 41.4. The van der Waals surface area contributed by atoms with E-state index >= 15 is 0 Å². The van der Waals surface area contributed by atoms with E-state index in [4.69, 9.17) is 10.5 Å². The number of nitrogens with two attached hydrogens (primary N) is 1. The molecule has 0 spiro atoms. The van der Waals surface area contributed by atoms with Gasteiger partial charge in [-0.3, -0.25) is 9.59 Å². The summed E-state index contributed by atoms with van der Waals surface area (Å²) in [6, 6.07) is -0.862. The average Bonchev–Trinajstić information content (AvgIpc) is 3.18. The van der Waals surface area contributed by atoms with E-state index in [2.05, 4.69) is 67.8 Å². The summed E-state index contributed by atoms with van der Waals surface area (Å²) in [5, 5.41) is 12.0. The summed E-state index contributed by atoms with van der Waals surface area (Å²) in [5.74, 6) is -1.26. The van der Waals surface area contributed by atoms with Crippen LogP contribution in [0.5, 0.6) is 0 Å². The predicted octanol–water partition coefficient (Wildman–Crippen LogP) is 13.6. The maximum Gasteiger partial charge on any atom is 0.326 e. The van der Waals surface area contributed by atoms with Crippen LogP contribution in [-0.2, 0) is 19.1 Å². The molecule has 0 fully saturated rings. The number of aliphatic carboxylic acids is 1. The lowest BCUT2D eigenvalue weighted by atomic mass is 10.0. The molecule has 0 rings (SSSR count). The van der Waals surface area contributed by atoms with Crippen molar-refractivity contribution >= 4 is 17.8 Å². The van der Waals surface area contributed by atoms with Crippen LogP contribution in [0.1, 0.15) is 226 Å². The fraction of sp³-hybridized carbons (Fsp3) is 0.776. The number of carboxylic acid groups (broad SMARTS) is 1. The van der Waals surface area contributed by atoms with Gasteiger partial charge in [-0.25, -0.2) is 4.79 Å². The molecule has 2 atom stereocenters. The highest BCUT2D eigenvalue weighted by Gasteiger charge is 2.19. The first-order chi connectivity index (χ1) is 27.4. The quantitative estimate of drug-likeness (QED) is 0.0322. The molecule has 1 amide bonds. The number of ether oxygens (including phenoxy) is 1. The molecular weight excluding hydrogens is 697 g/mol. The van der Waals surface area contributed by atoms with Crippen molar-refractivity contribution in [3.05, 3.63) is 48.6 Å². The number of allylic oxidation sites excluding steroid dienone is 8. The third-order valence-electron chi connectivity index (χ3n) is 10.4. The molecule has 0 aromatic rings. The second kappa shape index (κ2) is 43.5. The van der Waals surface area contributed by atoms with Crippen LogP contribution in [0.2, 0.25) is 0 Å². The van der Waals surface area contributed by atoms with Gasteiger partial charge in [0.25, 0.3) is 0 Å². The Morgan fingerprint density at radius 3 is 1.43 bits per heavy atom. The third-order valence-corrected chi connectivity index (χ3v) is 10.4. The minimum atomic E-state index is -1.01. The number of unbranched alkanes of at least 4 members (excludes halogenated alkanes) is 20. The molecule has 0 saturated heterocycles. The van der Waals surface area contributed by atoms with Crippen molar-refractivity contribution in [3.8, 4) is 0 Å². The van der Waals surface area contributed by atoms with Gasteiger partial charge in [-0.1, -0.05) is 146 Å². The Bertz CT molecular complexity index is 1020. The van der Waals surface area contributed by atoms with Crippen LogP contribution < -0.4 is 11.1 Å². The Balaban J connectivity index is 4.41. The minimum Gasteiger partial charge on any atom is -0.480 e. The molecule has 2 unspecified atom stereocenters. The lowest BCUT2D eigenvalue weighted by Gasteiger charge is -2.18. The molecule has 0 aliphatic carbocycles. The molecule has 0 aliphatic heterocycles. The topological polar surface area (TPSA) is 119 Å². The van der Waals surface area contributed by atoms with Gasteiger partial charge in [0.15, 0.2) is 0 Å². The number of carbonyl (C=O) groups is 3. The van der Waals surface area contributed by atoms with Gasteiger partial charge in [-0.15, -0.1) is 0 Å². The Morgan fingerprint density at radius 2 is 0.929 bits per heavy atom. The molecule has 0 aliphatic rings. The maximum absolute atomic E-state index is 12.8. The van der Waals surface area contributed by atoms with E-state index < -0.39 is 12.0 Å². The minimum absolute atomic E-state index is 0.0182. The van der Waals surface area contributed by atoms with Gasteiger partial charge < -0.3 is 20.9 Å². The zero-order valence-electron chi connectivity index (χ0n) is 36.5. The fourth-order valence-electron chi connectivity index (χ4n) is 6.80. The third kappa shape index (κ3) is 39.6. The van der Waals surface area contributed by atoms with E-state index in [9.17, 15) is 19.5 Å². The van der Waals surface area contributed by atoms with Crippen LogP contribution >= 0.6 is 0 Å². The highest BCUT2D eigenvalue weighted by molar-refractivity contribution is 5.83. The molecule has 0 aromatic carbocycles. The van der Waals surface area contributed by atoms with E-state index in [1.807, 2.05) is 0 Å². The molecule has 0 radical (unpaired) electrons. The van der Waals surface area contributed by atoms with Gasteiger partial charge >= 0.3 is 11.9 Å². The number of amides is 1. The lowest BCUT2D eigenvalue weighted by molar-refractivity contribution is -0.150. The Hall–Kier alpha value is -2.67. The SMILES string of the molecule is CCCCC/C=C\C/C=C\CCCCCCCC(=O)OC(CCCCC/C=C\C/C=C\CCCCCCC)CCCCCCCC(=O)NC(CCCN)C(=O)O. The van der Waals surface area contributed by atoms with E-state index in [1.54, 1.807) is 0 Å². The van der Waals surface area contributed by atoms with Crippen molar-refractivity contribution in [3.63, 3.8) is 0 Å². The van der Waals surface area contributed by atoms with E-state index in [1.165, 1.54) is 83.5 Å². The van der Waals surface area contributed by atoms with Gasteiger partial charge in [0.05, 0.1) is 0 Å². The number of rotatable bonds is 42. The van der Waals surface area contributed by atoms with Crippen molar-refractivity contribution in [1.29, 1.82) is 0 Å². The number of hydrogen-bond acceptors (Lipinski definition) is 5. The number of hydrogen-bond donors (Lipinski definition) is 3. The van der Waals surface area contributed by atoms with Crippen LogP contribution in [0.25, 0.3) is 0 Å². The van der Waals surface area contributed by atoms with E-state index in [0.717, 1.165) is 103 Å². The molecule has 7 nitrogen and oxygen atoms in total. The van der Waals surface area contributed by atoms with Crippen LogP contribution in [-0.4, -0.2) is 41.6 Å². The van der Waals surface area contributed by atoms with Crippen LogP contribution in [0.4, 0.5) is 0 Å². The van der Waals surface area contributed by atoms with Crippen LogP contribution in [0.3, 0.4) is 0 Å². The molecular formula is C49H88N2O5. The van der Waals surface area contributed by atoms with E-state index in [-0.39, 0.29) is 18.0 Å². The van der Waals surface area contributed by atoms with Gasteiger partial charge in [0.2, 0.25) is 5.91 Å². The standard InChI is InChI=1S/C49H88N2O5/c1-3-5-7-9-11-13-15-17-19-21-23-25-27-30-34-39-45(40-35-31-29-32-36-42-47(52)51-46(49(54)55)41-38-44-50)56-48(53)43-37-33-28-26-24-22-20-18-16-14-12-10-8-6-4-2/h12,14-15,17-18,20-21,23,45-46H,3-11,13,16,19,22,24-44,50H2,1-2H3,(H,51,52)(H,54,55)/b14-12-,17-15-,20-18-,23-21-. The lowest BCUT2D eigenvalue weighted by Crippen LogP contribution is -2.40. The van der Waals surface area contributed by atoms with Crippen molar-refractivity contribution in [1.82, 2.24) is 5.32 Å². The predicted molar refractivity (Wildman–Crippen MR) is 239 cm³/mol. The molecule has 7 heteroatoms. The summed E-state index contributed by atoms with van der Waals surface area (Å²) in [7, 11) is 0. The summed E-state index contributed by atoms with van der Waals surface area (Å²) in [4.78, 5) is 36.5. The first kappa shape index (κ1) is 53.3. The second-order valence-corrected chi connectivity index (χ2v) is 15.8. The molecule has 324 valence electrons. The number of nitrogens with one attached hydrogen (secondary N) is 1. The van der Waals surface area contributed by atoms with Gasteiger partial charge in [0, 0.05) is 12.8 Å². The summed E-state index contributed by atoms with van der Waals surface area (Å²) in [6.07, 6.45) is 52.9. The Labute approximate surface area is 345 Å². The highest BCUT2D eigenvalue weighted by atomic mass is 16.5.